The maximum Gasteiger partial charge on any atom is 0.237 e. The fourth-order valence-corrected chi connectivity index (χ4v) is 3.01. The predicted octanol–water partition coefficient (Wildman–Crippen LogP) is 3.46. The van der Waals surface area contributed by atoms with Crippen LogP contribution in [0.3, 0.4) is 0 Å². The third-order valence-electron chi connectivity index (χ3n) is 3.41. The maximum absolute atomic E-state index is 12.3. The second kappa shape index (κ2) is 6.75. The summed E-state index contributed by atoms with van der Waals surface area (Å²) in [5.41, 5.74) is 1.76. The summed E-state index contributed by atoms with van der Waals surface area (Å²) in [4.78, 5) is 16.7. The van der Waals surface area contributed by atoms with Gasteiger partial charge < -0.3 is 10.1 Å². The first kappa shape index (κ1) is 15.4. The zero-order valence-electron chi connectivity index (χ0n) is 12.9. The summed E-state index contributed by atoms with van der Waals surface area (Å²) in [6.07, 6.45) is 3.75. The van der Waals surface area contributed by atoms with Gasteiger partial charge in [-0.3, -0.25) is 9.20 Å². The number of hydrogen-bond acceptors (Lipinski definition) is 4. The predicted molar refractivity (Wildman–Crippen MR) is 92.1 cm³/mol. The molecule has 3 rings (SSSR count). The van der Waals surface area contributed by atoms with Crippen molar-refractivity contribution >= 4 is 28.9 Å². The number of rotatable bonds is 5. The molecule has 0 radical (unpaired) electrons. The number of fused-ring (bicyclic) bond motifs is 1. The Morgan fingerprint density at radius 2 is 2.04 bits per heavy atom. The van der Waals surface area contributed by atoms with Crippen LogP contribution in [0.5, 0.6) is 5.75 Å². The standard InChI is InChI=1S/C17H17N3O2S/c1-12(16(21)19-13-6-8-15(22-2)9-7-13)23-17-18-11-14-5-3-4-10-20(14)17/h3-12H,1-2H3,(H,19,21). The lowest BCUT2D eigenvalue weighted by molar-refractivity contribution is -0.115. The van der Waals surface area contributed by atoms with Gasteiger partial charge in [-0.25, -0.2) is 4.98 Å². The molecule has 0 saturated carbocycles. The van der Waals surface area contributed by atoms with Gasteiger partial charge in [0, 0.05) is 11.9 Å². The normalized spacial score (nSPS) is 12.1. The van der Waals surface area contributed by atoms with Crippen molar-refractivity contribution in [3.63, 3.8) is 0 Å². The molecule has 5 nitrogen and oxygen atoms in total. The van der Waals surface area contributed by atoms with Crippen molar-refractivity contribution in [2.75, 3.05) is 12.4 Å². The summed E-state index contributed by atoms with van der Waals surface area (Å²) in [7, 11) is 1.61. The molecule has 1 atom stereocenters. The number of imidazole rings is 1. The fourth-order valence-electron chi connectivity index (χ4n) is 2.14. The number of anilines is 1. The molecule has 0 aliphatic carbocycles. The van der Waals surface area contributed by atoms with Gasteiger partial charge >= 0.3 is 0 Å². The van der Waals surface area contributed by atoms with Gasteiger partial charge in [-0.05, 0) is 43.3 Å². The smallest absolute Gasteiger partial charge is 0.237 e. The Morgan fingerprint density at radius 1 is 1.26 bits per heavy atom. The zero-order valence-corrected chi connectivity index (χ0v) is 13.7. The quantitative estimate of drug-likeness (QED) is 0.729. The van der Waals surface area contributed by atoms with E-state index in [1.165, 1.54) is 11.8 Å². The lowest BCUT2D eigenvalue weighted by Crippen LogP contribution is -2.22. The lowest BCUT2D eigenvalue weighted by atomic mass is 10.3. The van der Waals surface area contributed by atoms with Crippen molar-refractivity contribution in [3.05, 3.63) is 54.9 Å². The van der Waals surface area contributed by atoms with Gasteiger partial charge in [-0.2, -0.15) is 0 Å². The van der Waals surface area contributed by atoms with Crippen LogP contribution in [0, 0.1) is 0 Å². The Hall–Kier alpha value is -2.47. The summed E-state index contributed by atoms with van der Waals surface area (Å²) in [5, 5.41) is 3.44. The van der Waals surface area contributed by atoms with E-state index in [2.05, 4.69) is 10.3 Å². The number of carbonyl (C=O) groups is 1. The van der Waals surface area contributed by atoms with Crippen molar-refractivity contribution in [1.29, 1.82) is 0 Å². The minimum atomic E-state index is -0.261. The van der Waals surface area contributed by atoms with Crippen molar-refractivity contribution in [1.82, 2.24) is 9.38 Å². The van der Waals surface area contributed by atoms with E-state index in [0.717, 1.165) is 22.1 Å². The average Bonchev–Trinajstić information content (AvgIpc) is 2.98. The number of ether oxygens (including phenoxy) is 1. The van der Waals surface area contributed by atoms with Crippen molar-refractivity contribution in [2.24, 2.45) is 0 Å². The number of amides is 1. The molecule has 0 aliphatic rings. The third-order valence-corrected chi connectivity index (χ3v) is 4.49. The van der Waals surface area contributed by atoms with Gasteiger partial charge in [-0.1, -0.05) is 17.8 Å². The second-order valence-corrected chi connectivity index (χ2v) is 6.32. The van der Waals surface area contributed by atoms with E-state index in [0.29, 0.717) is 0 Å². The van der Waals surface area contributed by atoms with E-state index in [1.54, 1.807) is 13.3 Å². The Labute approximate surface area is 138 Å². The molecule has 1 amide bonds. The first-order valence-corrected chi connectivity index (χ1v) is 8.09. The van der Waals surface area contributed by atoms with Crippen LogP contribution in [-0.4, -0.2) is 27.7 Å². The largest absolute Gasteiger partial charge is 0.497 e. The van der Waals surface area contributed by atoms with Crippen LogP contribution < -0.4 is 10.1 Å². The first-order chi connectivity index (χ1) is 11.2. The Balaban J connectivity index is 1.67. The molecule has 2 aromatic heterocycles. The fraction of sp³-hybridized carbons (Fsp3) is 0.176. The van der Waals surface area contributed by atoms with Gasteiger partial charge in [0.15, 0.2) is 5.16 Å². The molecule has 6 heteroatoms. The molecule has 2 heterocycles. The van der Waals surface area contributed by atoms with E-state index in [9.17, 15) is 4.79 Å². The number of nitrogens with one attached hydrogen (secondary N) is 1. The molecular weight excluding hydrogens is 310 g/mol. The topological polar surface area (TPSA) is 55.6 Å². The highest BCUT2D eigenvalue weighted by Crippen LogP contribution is 2.24. The van der Waals surface area contributed by atoms with Crippen molar-refractivity contribution < 1.29 is 9.53 Å². The van der Waals surface area contributed by atoms with Crippen molar-refractivity contribution in [3.8, 4) is 5.75 Å². The summed E-state index contributed by atoms with van der Waals surface area (Å²) in [6, 6.07) is 13.2. The Morgan fingerprint density at radius 3 is 2.78 bits per heavy atom. The molecule has 0 fully saturated rings. The molecule has 0 aliphatic heterocycles. The van der Waals surface area contributed by atoms with Gasteiger partial charge in [-0.15, -0.1) is 0 Å². The minimum absolute atomic E-state index is 0.0622. The number of carbonyl (C=O) groups excluding carboxylic acids is 1. The summed E-state index contributed by atoms with van der Waals surface area (Å²) in [5.74, 6) is 0.696. The zero-order chi connectivity index (χ0) is 16.2. The van der Waals surface area contributed by atoms with E-state index in [1.807, 2.05) is 60.0 Å². The summed E-state index contributed by atoms with van der Waals surface area (Å²) in [6.45, 7) is 1.87. The number of methoxy groups -OCH3 is 1. The number of aromatic nitrogens is 2. The molecule has 0 saturated heterocycles. The van der Waals surface area contributed by atoms with Crippen LogP contribution in [0.4, 0.5) is 5.69 Å². The first-order valence-electron chi connectivity index (χ1n) is 7.21. The number of hydrogen-bond donors (Lipinski definition) is 1. The molecular formula is C17H17N3O2S. The van der Waals surface area contributed by atoms with E-state index >= 15 is 0 Å². The molecule has 1 aromatic carbocycles. The minimum Gasteiger partial charge on any atom is -0.497 e. The van der Waals surface area contributed by atoms with Crippen LogP contribution in [0.25, 0.3) is 5.52 Å². The van der Waals surface area contributed by atoms with Gasteiger partial charge in [0.25, 0.3) is 0 Å². The maximum atomic E-state index is 12.3. The highest BCUT2D eigenvalue weighted by atomic mass is 32.2. The van der Waals surface area contributed by atoms with Gasteiger partial charge in [0.2, 0.25) is 5.91 Å². The van der Waals surface area contributed by atoms with Gasteiger partial charge in [0.1, 0.15) is 5.75 Å². The molecule has 0 spiro atoms. The molecule has 118 valence electrons. The monoisotopic (exact) mass is 327 g/mol. The molecule has 1 unspecified atom stereocenters. The van der Waals surface area contributed by atoms with Crippen LogP contribution in [0.15, 0.2) is 60.0 Å². The SMILES string of the molecule is COc1ccc(NC(=O)C(C)Sc2ncc3ccccn23)cc1. The highest BCUT2D eigenvalue weighted by Gasteiger charge is 2.17. The number of thioether (sulfide) groups is 1. The molecule has 3 aromatic rings. The third kappa shape index (κ3) is 3.48. The summed E-state index contributed by atoms with van der Waals surface area (Å²) < 4.78 is 7.08. The molecule has 23 heavy (non-hydrogen) atoms. The Bertz CT molecular complexity index is 814. The Kier molecular flexibility index (Phi) is 4.52. The van der Waals surface area contributed by atoms with Crippen molar-refractivity contribution in [2.45, 2.75) is 17.3 Å². The number of benzene rings is 1. The van der Waals surface area contributed by atoms with E-state index in [4.69, 9.17) is 4.74 Å². The average molecular weight is 327 g/mol. The molecule has 0 bridgehead atoms. The van der Waals surface area contributed by atoms with Crippen LogP contribution in [0.1, 0.15) is 6.92 Å². The van der Waals surface area contributed by atoms with Gasteiger partial charge in [0.05, 0.1) is 24.1 Å². The van der Waals surface area contributed by atoms with E-state index in [-0.39, 0.29) is 11.2 Å². The van der Waals surface area contributed by atoms with Crippen LogP contribution in [-0.2, 0) is 4.79 Å². The highest BCUT2D eigenvalue weighted by molar-refractivity contribution is 8.00. The number of nitrogens with zero attached hydrogens (tertiary/aromatic N) is 2. The lowest BCUT2D eigenvalue weighted by Gasteiger charge is -2.11. The molecule has 1 N–H and O–H groups in total. The number of pyridine rings is 1. The summed E-state index contributed by atoms with van der Waals surface area (Å²) >= 11 is 1.43. The van der Waals surface area contributed by atoms with Crippen LogP contribution >= 0.6 is 11.8 Å². The van der Waals surface area contributed by atoms with E-state index < -0.39 is 0 Å². The van der Waals surface area contributed by atoms with Crippen LogP contribution in [0.2, 0.25) is 0 Å². The second-order valence-electron chi connectivity index (χ2n) is 5.01.